The molecule has 0 aromatic carbocycles. The van der Waals surface area contributed by atoms with Crippen molar-refractivity contribution in [1.29, 1.82) is 0 Å². The molecule has 1 fully saturated rings. The highest BCUT2D eigenvalue weighted by Crippen LogP contribution is 2.17. The lowest BCUT2D eigenvalue weighted by atomic mass is 9.94. The summed E-state index contributed by atoms with van der Waals surface area (Å²) in [4.78, 5) is 2.36. The van der Waals surface area contributed by atoms with Crippen molar-refractivity contribution >= 4 is 0 Å². The Hall–Kier alpha value is -0.800. The number of nitrogens with two attached hydrogens (primary N) is 1. The molecule has 78 valence electrons. The lowest BCUT2D eigenvalue weighted by Gasteiger charge is -2.34. The molecule has 1 aromatic rings. The number of hydrogen-bond acceptors (Lipinski definition) is 3. The van der Waals surface area contributed by atoms with Crippen molar-refractivity contribution in [2.24, 2.45) is 11.7 Å². The largest absolute Gasteiger partial charge is 0.468 e. The van der Waals surface area contributed by atoms with Crippen LogP contribution in [-0.4, -0.2) is 24.0 Å². The first-order valence-electron chi connectivity index (χ1n) is 5.26. The van der Waals surface area contributed by atoms with Crippen LogP contribution in [0.4, 0.5) is 0 Å². The van der Waals surface area contributed by atoms with Gasteiger partial charge in [0.1, 0.15) is 5.76 Å². The molecule has 1 aliphatic heterocycles. The van der Waals surface area contributed by atoms with Crippen molar-refractivity contribution in [3.8, 4) is 0 Å². The molecule has 3 heteroatoms. The fourth-order valence-corrected chi connectivity index (χ4v) is 1.94. The molecule has 2 heterocycles. The first kappa shape index (κ1) is 9.74. The quantitative estimate of drug-likeness (QED) is 0.774. The van der Waals surface area contributed by atoms with E-state index in [2.05, 4.69) is 11.8 Å². The Morgan fingerprint density at radius 1 is 1.64 bits per heavy atom. The zero-order valence-electron chi connectivity index (χ0n) is 8.65. The Balaban J connectivity index is 1.88. The predicted molar refractivity (Wildman–Crippen MR) is 55.7 cm³/mol. The highest BCUT2D eigenvalue weighted by molar-refractivity contribution is 4.98. The Morgan fingerprint density at radius 3 is 3.14 bits per heavy atom. The smallest absolute Gasteiger partial charge is 0.117 e. The molecule has 1 aliphatic rings. The van der Waals surface area contributed by atoms with Crippen molar-refractivity contribution in [3.63, 3.8) is 0 Å². The molecule has 1 aromatic heterocycles. The van der Waals surface area contributed by atoms with Gasteiger partial charge in [-0.3, -0.25) is 4.90 Å². The van der Waals surface area contributed by atoms with E-state index in [4.69, 9.17) is 10.2 Å². The van der Waals surface area contributed by atoms with E-state index in [1.54, 1.807) is 6.26 Å². The molecule has 0 bridgehead atoms. The molecule has 2 rings (SSSR count). The summed E-state index contributed by atoms with van der Waals surface area (Å²) in [7, 11) is 0. The van der Waals surface area contributed by atoms with Gasteiger partial charge in [0, 0.05) is 12.6 Å². The molecular weight excluding hydrogens is 176 g/mol. The van der Waals surface area contributed by atoms with E-state index in [1.807, 2.05) is 12.1 Å². The van der Waals surface area contributed by atoms with Gasteiger partial charge in [0.05, 0.1) is 12.8 Å². The minimum atomic E-state index is 0.318. The molecule has 2 N–H and O–H groups in total. The van der Waals surface area contributed by atoms with Gasteiger partial charge in [-0.05, 0) is 31.0 Å². The highest BCUT2D eigenvalue weighted by atomic mass is 16.3. The Kier molecular flexibility index (Phi) is 2.89. The molecule has 0 radical (unpaired) electrons. The minimum Gasteiger partial charge on any atom is -0.468 e. The van der Waals surface area contributed by atoms with E-state index in [0.717, 1.165) is 25.4 Å². The SMILES string of the molecule is CC1CCN(Cc2ccco2)CC1N. The summed E-state index contributed by atoms with van der Waals surface area (Å²) in [5.74, 6) is 1.69. The number of piperidine rings is 1. The summed E-state index contributed by atoms with van der Waals surface area (Å²) in [5, 5.41) is 0. The Labute approximate surface area is 84.9 Å². The summed E-state index contributed by atoms with van der Waals surface area (Å²) in [5.41, 5.74) is 6.03. The van der Waals surface area contributed by atoms with Crippen molar-refractivity contribution in [2.75, 3.05) is 13.1 Å². The number of furan rings is 1. The van der Waals surface area contributed by atoms with Gasteiger partial charge in [-0.25, -0.2) is 0 Å². The van der Waals surface area contributed by atoms with Gasteiger partial charge >= 0.3 is 0 Å². The van der Waals surface area contributed by atoms with E-state index >= 15 is 0 Å². The van der Waals surface area contributed by atoms with Gasteiger partial charge in [0.15, 0.2) is 0 Å². The van der Waals surface area contributed by atoms with E-state index in [0.29, 0.717) is 12.0 Å². The molecular formula is C11H18N2O. The fourth-order valence-electron chi connectivity index (χ4n) is 1.94. The zero-order valence-corrected chi connectivity index (χ0v) is 8.65. The Morgan fingerprint density at radius 2 is 2.50 bits per heavy atom. The van der Waals surface area contributed by atoms with Gasteiger partial charge in [0.25, 0.3) is 0 Å². The normalized spacial score (nSPS) is 29.3. The molecule has 0 spiro atoms. The van der Waals surface area contributed by atoms with Crippen LogP contribution < -0.4 is 5.73 Å². The number of hydrogen-bond donors (Lipinski definition) is 1. The second kappa shape index (κ2) is 4.15. The maximum Gasteiger partial charge on any atom is 0.117 e. The third-order valence-corrected chi connectivity index (χ3v) is 3.06. The minimum absolute atomic E-state index is 0.318. The van der Waals surface area contributed by atoms with Crippen LogP contribution in [0.25, 0.3) is 0 Å². The topological polar surface area (TPSA) is 42.4 Å². The van der Waals surface area contributed by atoms with Crippen LogP contribution in [0.1, 0.15) is 19.1 Å². The number of likely N-dealkylation sites (tertiary alicyclic amines) is 1. The molecule has 0 saturated carbocycles. The monoisotopic (exact) mass is 194 g/mol. The van der Waals surface area contributed by atoms with Crippen LogP contribution in [0.5, 0.6) is 0 Å². The third kappa shape index (κ3) is 2.16. The second-order valence-corrected chi connectivity index (χ2v) is 4.24. The van der Waals surface area contributed by atoms with E-state index < -0.39 is 0 Å². The number of rotatable bonds is 2. The third-order valence-electron chi connectivity index (χ3n) is 3.06. The fraction of sp³-hybridized carbons (Fsp3) is 0.636. The van der Waals surface area contributed by atoms with Crippen LogP contribution in [0, 0.1) is 5.92 Å². The summed E-state index contributed by atoms with van der Waals surface area (Å²) >= 11 is 0. The van der Waals surface area contributed by atoms with Crippen molar-refractivity contribution < 1.29 is 4.42 Å². The molecule has 1 saturated heterocycles. The predicted octanol–water partition coefficient (Wildman–Crippen LogP) is 1.45. The lowest BCUT2D eigenvalue weighted by Crippen LogP contribution is -2.47. The first-order valence-corrected chi connectivity index (χ1v) is 5.26. The summed E-state index contributed by atoms with van der Waals surface area (Å²) in [6.45, 7) is 5.25. The highest BCUT2D eigenvalue weighted by Gasteiger charge is 2.23. The van der Waals surface area contributed by atoms with Crippen LogP contribution >= 0.6 is 0 Å². The molecule has 0 amide bonds. The average Bonchev–Trinajstić information content (AvgIpc) is 2.64. The van der Waals surface area contributed by atoms with Gasteiger partial charge in [-0.1, -0.05) is 6.92 Å². The van der Waals surface area contributed by atoms with Crippen LogP contribution in [0.15, 0.2) is 22.8 Å². The van der Waals surface area contributed by atoms with Crippen LogP contribution in [-0.2, 0) is 6.54 Å². The van der Waals surface area contributed by atoms with E-state index in [-0.39, 0.29) is 0 Å². The van der Waals surface area contributed by atoms with Gasteiger partial charge in [-0.15, -0.1) is 0 Å². The van der Waals surface area contributed by atoms with Crippen LogP contribution in [0.3, 0.4) is 0 Å². The second-order valence-electron chi connectivity index (χ2n) is 4.24. The average molecular weight is 194 g/mol. The molecule has 3 nitrogen and oxygen atoms in total. The first-order chi connectivity index (χ1) is 6.75. The summed E-state index contributed by atoms with van der Waals surface area (Å²) in [6.07, 6.45) is 2.92. The summed E-state index contributed by atoms with van der Waals surface area (Å²) < 4.78 is 5.32. The van der Waals surface area contributed by atoms with Crippen molar-refractivity contribution in [1.82, 2.24) is 4.90 Å². The van der Waals surface area contributed by atoms with Gasteiger partial charge in [-0.2, -0.15) is 0 Å². The standard InChI is InChI=1S/C11H18N2O/c1-9-4-5-13(8-11(9)12)7-10-3-2-6-14-10/h2-3,6,9,11H,4-5,7-8,12H2,1H3. The maximum atomic E-state index is 6.03. The van der Waals surface area contributed by atoms with E-state index in [9.17, 15) is 0 Å². The van der Waals surface area contributed by atoms with Crippen molar-refractivity contribution in [2.45, 2.75) is 25.9 Å². The Bertz CT molecular complexity index is 271. The van der Waals surface area contributed by atoms with Crippen molar-refractivity contribution in [3.05, 3.63) is 24.2 Å². The summed E-state index contributed by atoms with van der Waals surface area (Å²) in [6, 6.07) is 4.27. The molecule has 2 atom stereocenters. The van der Waals surface area contributed by atoms with Gasteiger partial charge in [0.2, 0.25) is 0 Å². The van der Waals surface area contributed by atoms with Gasteiger partial charge < -0.3 is 10.2 Å². The molecule has 14 heavy (non-hydrogen) atoms. The lowest BCUT2D eigenvalue weighted by molar-refractivity contribution is 0.152. The zero-order chi connectivity index (χ0) is 9.97. The molecule has 2 unspecified atom stereocenters. The van der Waals surface area contributed by atoms with Crippen LogP contribution in [0.2, 0.25) is 0 Å². The number of nitrogens with zero attached hydrogens (tertiary/aromatic N) is 1. The van der Waals surface area contributed by atoms with E-state index in [1.165, 1.54) is 6.42 Å². The molecule has 0 aliphatic carbocycles. The maximum absolute atomic E-state index is 6.03.